The lowest BCUT2D eigenvalue weighted by Crippen LogP contribution is -2.15. The highest BCUT2D eigenvalue weighted by atomic mass is 35.5. The van der Waals surface area contributed by atoms with E-state index in [2.05, 4.69) is 16.9 Å². The predicted molar refractivity (Wildman–Crippen MR) is 98.7 cm³/mol. The molecule has 1 unspecified atom stereocenters. The second-order valence-electron chi connectivity index (χ2n) is 5.56. The molecule has 126 valence electrons. The predicted octanol–water partition coefficient (Wildman–Crippen LogP) is 5.39. The molecule has 0 saturated heterocycles. The third-order valence-electron chi connectivity index (χ3n) is 3.86. The van der Waals surface area contributed by atoms with Gasteiger partial charge in [-0.2, -0.15) is 0 Å². The lowest BCUT2D eigenvalue weighted by molar-refractivity contribution is -0.145. The molecule has 0 bridgehead atoms. The number of rotatable bonds is 6. The molecule has 0 spiro atoms. The van der Waals surface area contributed by atoms with Crippen molar-refractivity contribution in [2.24, 2.45) is 0 Å². The lowest BCUT2D eigenvalue weighted by Gasteiger charge is -2.15. The summed E-state index contributed by atoms with van der Waals surface area (Å²) < 4.78 is 5.95. The number of nitrogens with one attached hydrogen (secondary N) is 1. The van der Waals surface area contributed by atoms with Crippen LogP contribution in [0, 0.1) is 0 Å². The third kappa shape index (κ3) is 3.47. The van der Waals surface area contributed by atoms with Gasteiger partial charge in [-0.3, -0.25) is 4.79 Å². The molecule has 6 heteroatoms. The zero-order valence-corrected chi connectivity index (χ0v) is 15.2. The third-order valence-corrected chi connectivity index (χ3v) is 5.10. The molecule has 0 saturated carbocycles. The summed E-state index contributed by atoms with van der Waals surface area (Å²) in [5, 5.41) is 0. The van der Waals surface area contributed by atoms with Crippen molar-refractivity contribution < 1.29 is 9.53 Å². The van der Waals surface area contributed by atoms with Gasteiger partial charge in [-0.1, -0.05) is 31.0 Å². The molecule has 0 aliphatic rings. The molecule has 2 aromatic heterocycles. The van der Waals surface area contributed by atoms with Gasteiger partial charge in [0.2, 0.25) is 0 Å². The average Bonchev–Trinajstić information content (AvgIpc) is 3.17. The molecule has 3 rings (SSSR count). The highest BCUT2D eigenvalue weighted by Gasteiger charge is 2.22. The minimum atomic E-state index is -0.240. The Kier molecular flexibility index (Phi) is 5.21. The van der Waals surface area contributed by atoms with Gasteiger partial charge < -0.3 is 9.72 Å². The topological polar surface area (TPSA) is 55.0 Å². The number of thiophene rings is 1. The molecular formula is C18H19ClN2O2S. The fourth-order valence-electron chi connectivity index (χ4n) is 2.75. The number of aromatic amines is 1. The van der Waals surface area contributed by atoms with Crippen LogP contribution in [0.4, 0.5) is 0 Å². The van der Waals surface area contributed by atoms with E-state index in [-0.39, 0.29) is 11.9 Å². The highest BCUT2D eigenvalue weighted by Crippen LogP contribution is 2.32. The molecule has 1 atom stereocenters. The number of halogens is 1. The number of carbonyl (C=O) groups is 1. The summed E-state index contributed by atoms with van der Waals surface area (Å²) in [4.78, 5) is 21.2. The molecule has 24 heavy (non-hydrogen) atoms. The van der Waals surface area contributed by atoms with Crippen molar-refractivity contribution in [2.75, 3.05) is 6.61 Å². The van der Waals surface area contributed by atoms with Crippen molar-refractivity contribution >= 4 is 39.9 Å². The molecule has 2 heterocycles. The van der Waals surface area contributed by atoms with Crippen molar-refractivity contribution in [1.29, 1.82) is 0 Å². The molecule has 4 nitrogen and oxygen atoms in total. The Morgan fingerprint density at radius 1 is 1.33 bits per heavy atom. The standard InChI is InChI=1S/C18H19ClN2O2S/c1-3-5-12(18(22)23-4-2)11-6-7-13-14(10-11)21-17(20-13)15-8-9-16(19)24-15/h6-10,12H,3-5H2,1-2H3,(H,20,21). The Balaban J connectivity index is 1.96. The molecule has 0 radical (unpaired) electrons. The van der Waals surface area contributed by atoms with Crippen LogP contribution in [-0.4, -0.2) is 22.5 Å². The lowest BCUT2D eigenvalue weighted by atomic mass is 9.94. The van der Waals surface area contributed by atoms with Gasteiger partial charge >= 0.3 is 5.97 Å². The summed E-state index contributed by atoms with van der Waals surface area (Å²) in [6, 6.07) is 9.73. The monoisotopic (exact) mass is 362 g/mol. The normalized spacial score (nSPS) is 12.5. The first-order valence-corrected chi connectivity index (χ1v) is 9.23. The Hall–Kier alpha value is -1.85. The first-order chi connectivity index (χ1) is 11.6. The molecule has 0 amide bonds. The van der Waals surface area contributed by atoms with Crippen molar-refractivity contribution in [1.82, 2.24) is 9.97 Å². The molecular weight excluding hydrogens is 344 g/mol. The van der Waals surface area contributed by atoms with Crippen molar-refractivity contribution in [2.45, 2.75) is 32.6 Å². The second kappa shape index (κ2) is 7.36. The van der Waals surface area contributed by atoms with Gasteiger partial charge in [0.1, 0.15) is 5.82 Å². The summed E-state index contributed by atoms with van der Waals surface area (Å²) in [5.74, 6) is 0.386. The summed E-state index contributed by atoms with van der Waals surface area (Å²) in [7, 11) is 0. The maximum absolute atomic E-state index is 12.2. The molecule has 0 aliphatic carbocycles. The Labute approximate surface area is 149 Å². The number of esters is 1. The number of hydrogen-bond donors (Lipinski definition) is 1. The van der Waals surface area contributed by atoms with Gasteiger partial charge in [-0.05, 0) is 43.2 Å². The van der Waals surface area contributed by atoms with E-state index in [4.69, 9.17) is 16.3 Å². The SMILES string of the molecule is CCCC(C(=O)OCC)c1ccc2[nH]c(-c3ccc(Cl)s3)nc2c1. The van der Waals surface area contributed by atoms with Gasteiger partial charge in [0.25, 0.3) is 0 Å². The van der Waals surface area contributed by atoms with Crippen LogP contribution in [0.2, 0.25) is 4.34 Å². The van der Waals surface area contributed by atoms with Gasteiger partial charge in [0.05, 0.1) is 32.8 Å². The molecule has 3 aromatic rings. The van der Waals surface area contributed by atoms with E-state index >= 15 is 0 Å². The highest BCUT2D eigenvalue weighted by molar-refractivity contribution is 7.19. The maximum Gasteiger partial charge on any atom is 0.313 e. The number of carbonyl (C=O) groups excluding carboxylic acids is 1. The fraction of sp³-hybridized carbons (Fsp3) is 0.333. The number of aromatic nitrogens is 2. The van der Waals surface area contributed by atoms with Gasteiger partial charge in [-0.25, -0.2) is 4.98 Å². The van der Waals surface area contributed by atoms with Crippen molar-refractivity contribution in [3.8, 4) is 10.7 Å². The molecule has 0 fully saturated rings. The number of hydrogen-bond acceptors (Lipinski definition) is 4. The largest absolute Gasteiger partial charge is 0.466 e. The number of ether oxygens (including phenoxy) is 1. The zero-order valence-electron chi connectivity index (χ0n) is 13.6. The minimum absolute atomic E-state index is 0.167. The summed E-state index contributed by atoms with van der Waals surface area (Å²) in [5.41, 5.74) is 2.74. The summed E-state index contributed by atoms with van der Waals surface area (Å²) in [6.45, 7) is 4.29. The van der Waals surface area contributed by atoms with Crippen LogP contribution in [0.5, 0.6) is 0 Å². The minimum Gasteiger partial charge on any atom is -0.466 e. The maximum atomic E-state index is 12.2. The second-order valence-corrected chi connectivity index (χ2v) is 7.27. The first kappa shape index (κ1) is 17.0. The number of benzene rings is 1. The van der Waals surface area contributed by atoms with Crippen LogP contribution in [0.1, 0.15) is 38.2 Å². The van der Waals surface area contributed by atoms with Crippen LogP contribution in [0.25, 0.3) is 21.7 Å². The van der Waals surface area contributed by atoms with Crippen molar-refractivity contribution in [3.05, 3.63) is 40.2 Å². The Bertz CT molecular complexity index is 856. The van der Waals surface area contributed by atoms with Crippen LogP contribution in [0.15, 0.2) is 30.3 Å². The van der Waals surface area contributed by atoms with E-state index < -0.39 is 0 Å². The zero-order chi connectivity index (χ0) is 17.1. The van der Waals surface area contributed by atoms with Crippen molar-refractivity contribution in [3.63, 3.8) is 0 Å². The van der Waals surface area contributed by atoms with Crippen LogP contribution < -0.4 is 0 Å². The average molecular weight is 363 g/mol. The van der Waals surface area contributed by atoms with Crippen LogP contribution >= 0.6 is 22.9 Å². The quantitative estimate of drug-likeness (QED) is 0.598. The molecule has 0 aliphatic heterocycles. The number of H-pyrrole nitrogens is 1. The smallest absolute Gasteiger partial charge is 0.313 e. The Morgan fingerprint density at radius 3 is 2.83 bits per heavy atom. The van der Waals surface area contributed by atoms with Crippen LogP contribution in [0.3, 0.4) is 0 Å². The van der Waals surface area contributed by atoms with E-state index in [1.807, 2.05) is 37.3 Å². The molecule has 1 N–H and O–H groups in total. The van der Waals surface area contributed by atoms with E-state index in [0.29, 0.717) is 6.61 Å². The molecule has 1 aromatic carbocycles. The van der Waals surface area contributed by atoms with E-state index in [0.717, 1.165) is 44.5 Å². The van der Waals surface area contributed by atoms with E-state index in [1.54, 1.807) is 0 Å². The van der Waals surface area contributed by atoms with Gasteiger partial charge in [0, 0.05) is 0 Å². The van der Waals surface area contributed by atoms with Crippen LogP contribution in [-0.2, 0) is 9.53 Å². The summed E-state index contributed by atoms with van der Waals surface area (Å²) in [6.07, 6.45) is 1.68. The summed E-state index contributed by atoms with van der Waals surface area (Å²) >= 11 is 7.48. The van der Waals surface area contributed by atoms with E-state index in [9.17, 15) is 4.79 Å². The number of nitrogens with zero attached hydrogens (tertiary/aromatic N) is 1. The van der Waals surface area contributed by atoms with Gasteiger partial charge in [-0.15, -0.1) is 11.3 Å². The number of fused-ring (bicyclic) bond motifs is 1. The van der Waals surface area contributed by atoms with E-state index in [1.165, 1.54) is 11.3 Å². The number of imidazole rings is 1. The van der Waals surface area contributed by atoms with Gasteiger partial charge in [0.15, 0.2) is 0 Å². The first-order valence-electron chi connectivity index (χ1n) is 8.04. The fourth-order valence-corrected chi connectivity index (χ4v) is 3.74. The Morgan fingerprint density at radius 2 is 2.17 bits per heavy atom.